The molecule has 1 aromatic rings. The van der Waals surface area contributed by atoms with E-state index < -0.39 is 0 Å². The second kappa shape index (κ2) is 5.32. The summed E-state index contributed by atoms with van der Waals surface area (Å²) in [5.74, 6) is 1.65. The molecule has 2 atom stereocenters. The number of fused-ring (bicyclic) bond motifs is 1. The standard InChI is InChI=1S/C17H18BrNOS2/c1-17(2)7-5-9-13(16(17)20)14(11-3-4-12(18)22-11)15-10(19-9)6-8-21-15/h3-4,14-15H,5-8H2,1-2H3. The number of hydrogen-bond acceptors (Lipinski definition) is 4. The van der Waals surface area contributed by atoms with Crippen molar-refractivity contribution in [3.63, 3.8) is 0 Å². The van der Waals surface area contributed by atoms with E-state index in [-0.39, 0.29) is 11.3 Å². The van der Waals surface area contributed by atoms with Crippen molar-refractivity contribution in [2.24, 2.45) is 10.4 Å². The number of hydrogen-bond donors (Lipinski definition) is 0. The Labute approximate surface area is 147 Å². The quantitative estimate of drug-likeness (QED) is 0.653. The number of allylic oxidation sites excluding steroid dienone is 2. The van der Waals surface area contributed by atoms with Gasteiger partial charge < -0.3 is 0 Å². The number of carbonyl (C=O) groups is 1. The van der Waals surface area contributed by atoms with Crippen molar-refractivity contribution in [3.8, 4) is 0 Å². The topological polar surface area (TPSA) is 29.4 Å². The zero-order valence-electron chi connectivity index (χ0n) is 12.7. The SMILES string of the molecule is CC1(C)CCC2=C(C1=O)C(c1ccc(Br)s1)C1SCCC1=N2. The minimum Gasteiger partial charge on any atom is -0.294 e. The number of thiophene rings is 1. The van der Waals surface area contributed by atoms with Gasteiger partial charge in [0.05, 0.1) is 9.04 Å². The van der Waals surface area contributed by atoms with Gasteiger partial charge in [-0.3, -0.25) is 9.79 Å². The van der Waals surface area contributed by atoms with Crippen LogP contribution in [0.2, 0.25) is 0 Å². The van der Waals surface area contributed by atoms with Gasteiger partial charge in [-0.1, -0.05) is 13.8 Å². The molecule has 2 unspecified atom stereocenters. The Morgan fingerprint density at radius 2 is 2.14 bits per heavy atom. The summed E-state index contributed by atoms with van der Waals surface area (Å²) < 4.78 is 1.14. The molecule has 1 saturated heterocycles. The van der Waals surface area contributed by atoms with Gasteiger partial charge in [-0.15, -0.1) is 11.3 Å². The van der Waals surface area contributed by atoms with E-state index in [1.165, 1.54) is 10.6 Å². The molecule has 116 valence electrons. The number of halogens is 1. The van der Waals surface area contributed by atoms with E-state index in [2.05, 4.69) is 41.9 Å². The van der Waals surface area contributed by atoms with Crippen LogP contribution in [0.5, 0.6) is 0 Å². The first-order valence-corrected chi connectivity index (χ1v) is 10.4. The molecular formula is C17H18BrNOS2. The molecule has 3 heterocycles. The minimum absolute atomic E-state index is 0.207. The molecule has 1 fully saturated rings. The molecule has 2 aliphatic heterocycles. The molecule has 1 aliphatic carbocycles. The van der Waals surface area contributed by atoms with Gasteiger partial charge in [-0.25, -0.2) is 0 Å². The molecule has 0 N–H and O–H groups in total. The van der Waals surface area contributed by atoms with Crippen LogP contribution in [0, 0.1) is 5.41 Å². The highest BCUT2D eigenvalue weighted by Gasteiger charge is 2.47. The van der Waals surface area contributed by atoms with Gasteiger partial charge in [0.1, 0.15) is 0 Å². The average Bonchev–Trinajstić information content (AvgIpc) is 3.10. The fraction of sp³-hybridized carbons (Fsp3) is 0.529. The van der Waals surface area contributed by atoms with E-state index in [1.54, 1.807) is 11.3 Å². The Bertz CT molecular complexity index is 716. The van der Waals surface area contributed by atoms with Crippen LogP contribution in [-0.4, -0.2) is 22.5 Å². The molecule has 22 heavy (non-hydrogen) atoms. The molecule has 4 rings (SSSR count). The summed E-state index contributed by atoms with van der Waals surface area (Å²) >= 11 is 7.31. The maximum absolute atomic E-state index is 13.1. The van der Waals surface area contributed by atoms with Crippen molar-refractivity contribution in [2.75, 3.05) is 5.75 Å². The van der Waals surface area contributed by atoms with E-state index in [1.807, 2.05) is 11.8 Å². The fourth-order valence-electron chi connectivity index (χ4n) is 3.66. The first-order valence-electron chi connectivity index (χ1n) is 7.69. The number of nitrogens with zero attached hydrogens (tertiary/aromatic N) is 1. The van der Waals surface area contributed by atoms with Crippen molar-refractivity contribution in [1.82, 2.24) is 0 Å². The Morgan fingerprint density at radius 1 is 1.32 bits per heavy atom. The lowest BCUT2D eigenvalue weighted by molar-refractivity contribution is -0.124. The zero-order chi connectivity index (χ0) is 15.5. The summed E-state index contributed by atoms with van der Waals surface area (Å²) in [4.78, 5) is 19.3. The van der Waals surface area contributed by atoms with E-state index >= 15 is 0 Å². The largest absolute Gasteiger partial charge is 0.294 e. The number of aliphatic imine (C=N–C) groups is 1. The first kappa shape index (κ1) is 15.2. The van der Waals surface area contributed by atoms with Gasteiger partial charge in [-0.2, -0.15) is 11.8 Å². The van der Waals surface area contributed by atoms with Gasteiger partial charge in [0.25, 0.3) is 0 Å². The summed E-state index contributed by atoms with van der Waals surface area (Å²) in [6.45, 7) is 4.17. The van der Waals surface area contributed by atoms with Crippen LogP contribution >= 0.6 is 39.0 Å². The van der Waals surface area contributed by atoms with Gasteiger partial charge >= 0.3 is 0 Å². The molecule has 0 saturated carbocycles. The van der Waals surface area contributed by atoms with Crippen molar-refractivity contribution in [2.45, 2.75) is 44.3 Å². The number of Topliss-reactive ketones (excluding diaryl/α,β-unsaturated/α-hetero) is 1. The molecule has 0 amide bonds. The Morgan fingerprint density at radius 3 is 2.86 bits per heavy atom. The van der Waals surface area contributed by atoms with Crippen LogP contribution in [0.1, 0.15) is 43.9 Å². The molecule has 0 aromatic carbocycles. The summed E-state index contributed by atoms with van der Waals surface area (Å²) in [5, 5.41) is 0.363. The predicted octanol–water partition coefficient (Wildman–Crippen LogP) is 5.20. The van der Waals surface area contributed by atoms with Crippen molar-refractivity contribution >= 4 is 50.5 Å². The second-order valence-electron chi connectivity index (χ2n) is 6.84. The molecule has 2 nitrogen and oxygen atoms in total. The fourth-order valence-corrected chi connectivity index (χ4v) is 6.74. The lowest BCUT2D eigenvalue weighted by Gasteiger charge is -2.38. The molecule has 3 aliphatic rings. The second-order valence-corrected chi connectivity index (χ2v) is 10.6. The molecule has 0 radical (unpaired) electrons. The van der Waals surface area contributed by atoms with Crippen LogP contribution in [0.15, 0.2) is 32.2 Å². The predicted molar refractivity (Wildman–Crippen MR) is 98.1 cm³/mol. The van der Waals surface area contributed by atoms with E-state index in [0.29, 0.717) is 11.0 Å². The van der Waals surface area contributed by atoms with Crippen LogP contribution in [0.25, 0.3) is 0 Å². The maximum Gasteiger partial charge on any atom is 0.166 e. The van der Waals surface area contributed by atoms with Gasteiger partial charge in [0, 0.05) is 33.2 Å². The number of thioether (sulfide) groups is 1. The highest BCUT2D eigenvalue weighted by Crippen LogP contribution is 2.51. The molecule has 0 bridgehead atoms. The van der Waals surface area contributed by atoms with Crippen LogP contribution in [0.3, 0.4) is 0 Å². The highest BCUT2D eigenvalue weighted by molar-refractivity contribution is 9.11. The van der Waals surface area contributed by atoms with Crippen LogP contribution < -0.4 is 0 Å². The van der Waals surface area contributed by atoms with E-state index in [4.69, 9.17) is 4.99 Å². The summed E-state index contributed by atoms with van der Waals surface area (Å²) in [6.07, 6.45) is 2.94. The number of rotatable bonds is 1. The Kier molecular flexibility index (Phi) is 3.66. The van der Waals surface area contributed by atoms with Crippen molar-refractivity contribution in [1.29, 1.82) is 0 Å². The van der Waals surface area contributed by atoms with E-state index in [9.17, 15) is 4.79 Å². The number of carbonyl (C=O) groups excluding carboxylic acids is 1. The minimum atomic E-state index is -0.248. The molecule has 5 heteroatoms. The monoisotopic (exact) mass is 395 g/mol. The smallest absolute Gasteiger partial charge is 0.166 e. The Balaban J connectivity index is 1.88. The lowest BCUT2D eigenvalue weighted by atomic mass is 9.69. The third kappa shape index (κ3) is 2.28. The van der Waals surface area contributed by atoms with Gasteiger partial charge in [0.2, 0.25) is 0 Å². The van der Waals surface area contributed by atoms with Crippen molar-refractivity contribution in [3.05, 3.63) is 32.1 Å². The maximum atomic E-state index is 13.1. The highest BCUT2D eigenvalue weighted by atomic mass is 79.9. The first-order chi connectivity index (χ1) is 10.5. The lowest BCUT2D eigenvalue weighted by Crippen LogP contribution is -2.38. The third-order valence-electron chi connectivity index (χ3n) is 4.93. The normalized spacial score (nSPS) is 30.1. The third-order valence-corrected chi connectivity index (χ3v) is 7.98. The van der Waals surface area contributed by atoms with Gasteiger partial charge in [0.15, 0.2) is 5.78 Å². The summed E-state index contributed by atoms with van der Waals surface area (Å²) in [5.41, 5.74) is 3.15. The van der Waals surface area contributed by atoms with Crippen LogP contribution in [0.4, 0.5) is 0 Å². The molecule has 1 aromatic heterocycles. The van der Waals surface area contributed by atoms with Crippen molar-refractivity contribution < 1.29 is 4.79 Å². The van der Waals surface area contributed by atoms with E-state index in [0.717, 1.165) is 40.1 Å². The average molecular weight is 396 g/mol. The van der Waals surface area contributed by atoms with Gasteiger partial charge in [-0.05, 0) is 53.1 Å². The summed E-state index contributed by atoms with van der Waals surface area (Å²) in [6, 6.07) is 4.28. The Hall–Kier alpha value is -0.390. The molecule has 0 spiro atoms. The zero-order valence-corrected chi connectivity index (χ0v) is 15.9. The molecular weight excluding hydrogens is 378 g/mol. The van der Waals surface area contributed by atoms with Crippen LogP contribution in [-0.2, 0) is 4.79 Å². The summed E-state index contributed by atoms with van der Waals surface area (Å²) in [7, 11) is 0. The number of ketones is 1.